The average molecular weight is 526 g/mol. The van der Waals surface area contributed by atoms with Crippen molar-refractivity contribution in [3.05, 3.63) is 79.9 Å². The molecule has 4 aromatic rings. The van der Waals surface area contributed by atoms with Crippen LogP contribution in [0, 0.1) is 0 Å². The van der Waals surface area contributed by atoms with Gasteiger partial charge in [0.25, 0.3) is 5.56 Å². The third-order valence-corrected chi connectivity index (χ3v) is 8.38. The van der Waals surface area contributed by atoms with Crippen molar-refractivity contribution in [1.29, 1.82) is 0 Å². The van der Waals surface area contributed by atoms with Crippen LogP contribution in [-0.4, -0.2) is 28.3 Å². The maximum absolute atomic E-state index is 13.8. The molecule has 2 aromatic heterocycles. The van der Waals surface area contributed by atoms with Crippen LogP contribution in [0.15, 0.2) is 58.5 Å². The number of benzene rings is 2. The topological polar surface area (TPSA) is 73.2 Å². The summed E-state index contributed by atoms with van der Waals surface area (Å²) < 4.78 is 7.00. The van der Waals surface area contributed by atoms with Gasteiger partial charge in [0.05, 0.1) is 23.9 Å². The lowest BCUT2D eigenvalue weighted by molar-refractivity contribution is -0.118. The van der Waals surface area contributed by atoms with Gasteiger partial charge in [-0.25, -0.2) is 4.98 Å². The number of nitrogens with zero attached hydrogens (tertiary/aromatic N) is 2. The normalized spacial score (nSPS) is 13.0. The molecule has 0 aliphatic heterocycles. The highest BCUT2D eigenvalue weighted by molar-refractivity contribution is 7.99. The van der Waals surface area contributed by atoms with E-state index in [2.05, 4.69) is 5.32 Å². The molecule has 0 saturated carbocycles. The van der Waals surface area contributed by atoms with Gasteiger partial charge in [-0.1, -0.05) is 41.6 Å². The molecule has 5 rings (SSSR count). The number of hydrogen-bond acceptors (Lipinski definition) is 6. The molecule has 2 aromatic carbocycles. The van der Waals surface area contributed by atoms with Crippen molar-refractivity contribution in [3.63, 3.8) is 0 Å². The Morgan fingerprint density at radius 1 is 1.20 bits per heavy atom. The zero-order chi connectivity index (χ0) is 24.4. The first-order valence-corrected chi connectivity index (χ1v) is 13.6. The number of methoxy groups -OCH3 is 1. The Bertz CT molecular complexity index is 1450. The van der Waals surface area contributed by atoms with E-state index < -0.39 is 0 Å². The summed E-state index contributed by atoms with van der Waals surface area (Å²) in [6.45, 7) is 0.406. The van der Waals surface area contributed by atoms with Crippen molar-refractivity contribution >= 4 is 50.8 Å². The lowest BCUT2D eigenvalue weighted by atomic mass is 9.97. The van der Waals surface area contributed by atoms with Crippen LogP contribution in [-0.2, 0) is 24.2 Å². The highest BCUT2D eigenvalue weighted by Gasteiger charge is 2.23. The summed E-state index contributed by atoms with van der Waals surface area (Å²) in [6.07, 6.45) is 4.12. The summed E-state index contributed by atoms with van der Waals surface area (Å²) in [6, 6.07) is 14.7. The quantitative estimate of drug-likeness (QED) is 0.258. The van der Waals surface area contributed by atoms with Crippen LogP contribution in [0.1, 0.15) is 28.8 Å². The molecule has 9 heteroatoms. The molecule has 2 heterocycles. The van der Waals surface area contributed by atoms with Gasteiger partial charge in [-0.3, -0.25) is 14.2 Å². The molecule has 1 aliphatic rings. The Balaban J connectivity index is 1.46. The number of aromatic nitrogens is 2. The number of aryl methyl sites for hydroxylation is 2. The highest BCUT2D eigenvalue weighted by Crippen LogP contribution is 2.35. The molecule has 0 atom stereocenters. The molecule has 180 valence electrons. The Kier molecular flexibility index (Phi) is 7.13. The first kappa shape index (κ1) is 23.9. The number of ether oxygens (including phenoxy) is 1. The minimum absolute atomic E-state index is 0.0910. The number of carbonyl (C=O) groups is 1. The molecule has 1 amide bonds. The summed E-state index contributed by atoms with van der Waals surface area (Å²) in [7, 11) is 1.60. The first-order valence-electron chi connectivity index (χ1n) is 11.4. The fraction of sp³-hybridized carbons (Fsp3) is 0.269. The van der Waals surface area contributed by atoms with Crippen LogP contribution >= 0.6 is 34.7 Å². The Hall–Kier alpha value is -2.81. The number of halogens is 1. The molecule has 0 radical (unpaired) electrons. The average Bonchev–Trinajstić information content (AvgIpc) is 3.26. The number of nitrogens with one attached hydrogen (secondary N) is 1. The highest BCUT2D eigenvalue weighted by atomic mass is 35.5. The van der Waals surface area contributed by atoms with E-state index >= 15 is 0 Å². The van der Waals surface area contributed by atoms with E-state index in [4.69, 9.17) is 21.3 Å². The van der Waals surface area contributed by atoms with Crippen LogP contribution in [0.3, 0.4) is 0 Å². The zero-order valence-corrected chi connectivity index (χ0v) is 21.6. The first-order chi connectivity index (χ1) is 17.0. The molecule has 6 nitrogen and oxygen atoms in total. The molecule has 1 aliphatic carbocycles. The van der Waals surface area contributed by atoms with Crippen molar-refractivity contribution < 1.29 is 9.53 Å². The summed E-state index contributed by atoms with van der Waals surface area (Å²) >= 11 is 8.80. The van der Waals surface area contributed by atoms with Crippen LogP contribution in [0.5, 0.6) is 5.75 Å². The predicted octanol–water partition coefficient (Wildman–Crippen LogP) is 5.40. The van der Waals surface area contributed by atoms with Gasteiger partial charge in [0, 0.05) is 22.5 Å². The second-order valence-corrected chi connectivity index (χ2v) is 10.8. The van der Waals surface area contributed by atoms with Crippen molar-refractivity contribution in [2.75, 3.05) is 12.9 Å². The van der Waals surface area contributed by atoms with Gasteiger partial charge in [-0.15, -0.1) is 11.3 Å². The van der Waals surface area contributed by atoms with Gasteiger partial charge in [-0.05, 0) is 61.1 Å². The monoisotopic (exact) mass is 525 g/mol. The minimum atomic E-state index is -0.137. The number of rotatable bonds is 7. The number of thioether (sulfide) groups is 1. The van der Waals surface area contributed by atoms with Gasteiger partial charge in [0.1, 0.15) is 10.6 Å². The van der Waals surface area contributed by atoms with Crippen molar-refractivity contribution in [2.45, 2.75) is 37.4 Å². The largest absolute Gasteiger partial charge is 0.497 e. The lowest BCUT2D eigenvalue weighted by Crippen LogP contribution is -2.26. The van der Waals surface area contributed by atoms with Crippen molar-refractivity contribution in [3.8, 4) is 11.4 Å². The van der Waals surface area contributed by atoms with Crippen LogP contribution < -0.4 is 15.6 Å². The van der Waals surface area contributed by atoms with E-state index in [9.17, 15) is 9.59 Å². The Morgan fingerprint density at radius 2 is 2.00 bits per heavy atom. The van der Waals surface area contributed by atoms with E-state index in [0.29, 0.717) is 33.5 Å². The third-order valence-electron chi connectivity index (χ3n) is 6.00. The molecule has 0 fully saturated rings. The molecule has 0 saturated heterocycles. The van der Waals surface area contributed by atoms with Gasteiger partial charge in [0.2, 0.25) is 5.91 Å². The molecule has 1 N–H and O–H groups in total. The van der Waals surface area contributed by atoms with E-state index in [1.807, 2.05) is 36.4 Å². The van der Waals surface area contributed by atoms with Gasteiger partial charge in [-0.2, -0.15) is 0 Å². The summed E-state index contributed by atoms with van der Waals surface area (Å²) in [4.78, 5) is 33.3. The molecule has 0 bridgehead atoms. The van der Waals surface area contributed by atoms with E-state index in [-0.39, 0.29) is 17.2 Å². The summed E-state index contributed by atoms with van der Waals surface area (Å²) in [5, 5.41) is 4.79. The number of fused-ring (bicyclic) bond motifs is 3. The Morgan fingerprint density at radius 3 is 2.80 bits per heavy atom. The molecule has 35 heavy (non-hydrogen) atoms. The second-order valence-electron chi connectivity index (χ2n) is 8.32. The molecular weight excluding hydrogens is 502 g/mol. The standard InChI is InChI=1S/C26H24ClN3O3S2/c1-33-19-6-4-5-18(13-19)30-25(32)23-20-7-2-3-8-21(20)35-24(23)29-26(30)34-15-22(31)28-14-16-9-11-17(27)12-10-16/h4-6,9-13H,2-3,7-8,14-15H2,1H3,(H,28,31). The van der Waals surface area contributed by atoms with Gasteiger partial charge < -0.3 is 10.1 Å². The van der Waals surface area contributed by atoms with Crippen LogP contribution in [0.25, 0.3) is 15.9 Å². The predicted molar refractivity (Wildman–Crippen MR) is 142 cm³/mol. The SMILES string of the molecule is COc1cccc(-n2c(SCC(=O)NCc3ccc(Cl)cc3)nc3sc4c(c3c2=O)CCCC4)c1. The number of hydrogen-bond donors (Lipinski definition) is 1. The van der Waals surface area contributed by atoms with E-state index in [1.165, 1.54) is 16.6 Å². The van der Waals surface area contributed by atoms with Gasteiger partial charge in [0.15, 0.2) is 5.16 Å². The Labute approximate surface area is 216 Å². The number of amides is 1. The van der Waals surface area contributed by atoms with Crippen LogP contribution in [0.2, 0.25) is 5.02 Å². The minimum Gasteiger partial charge on any atom is -0.497 e. The zero-order valence-electron chi connectivity index (χ0n) is 19.2. The smallest absolute Gasteiger partial charge is 0.267 e. The maximum atomic E-state index is 13.8. The van der Waals surface area contributed by atoms with E-state index in [1.54, 1.807) is 35.1 Å². The van der Waals surface area contributed by atoms with Crippen molar-refractivity contribution in [2.24, 2.45) is 0 Å². The fourth-order valence-corrected chi connectivity index (χ4v) is 6.52. The maximum Gasteiger partial charge on any atom is 0.267 e. The third kappa shape index (κ3) is 5.10. The molecule has 0 unspecified atom stereocenters. The number of thiophene rings is 1. The fourth-order valence-electron chi connectivity index (χ4n) is 4.24. The number of carbonyl (C=O) groups excluding carboxylic acids is 1. The molecule has 0 spiro atoms. The lowest BCUT2D eigenvalue weighted by Gasteiger charge is -2.14. The van der Waals surface area contributed by atoms with Crippen LogP contribution in [0.4, 0.5) is 0 Å². The second kappa shape index (κ2) is 10.4. The van der Waals surface area contributed by atoms with Crippen molar-refractivity contribution in [1.82, 2.24) is 14.9 Å². The molecular formula is C26H24ClN3O3S2. The van der Waals surface area contributed by atoms with Gasteiger partial charge >= 0.3 is 0 Å². The summed E-state index contributed by atoms with van der Waals surface area (Å²) in [5.74, 6) is 0.654. The van der Waals surface area contributed by atoms with E-state index in [0.717, 1.165) is 41.6 Å². The summed E-state index contributed by atoms with van der Waals surface area (Å²) in [5.41, 5.74) is 2.68.